The molecule has 0 fully saturated rings. The fourth-order valence-corrected chi connectivity index (χ4v) is 3.12. The molecule has 0 atom stereocenters. The largest absolute Gasteiger partial charge is 0.465 e. The number of fused-ring (bicyclic) bond motifs is 1. The first-order valence-electron chi connectivity index (χ1n) is 7.17. The summed E-state index contributed by atoms with van der Waals surface area (Å²) in [6.07, 6.45) is 0. The van der Waals surface area contributed by atoms with Crippen LogP contribution in [-0.2, 0) is 10.5 Å². The fourth-order valence-electron chi connectivity index (χ4n) is 2.25. The van der Waals surface area contributed by atoms with E-state index in [1.165, 1.54) is 37.1 Å². The van der Waals surface area contributed by atoms with Gasteiger partial charge in [-0.1, -0.05) is 42.1 Å². The molecule has 3 rings (SSSR count). The second-order valence-corrected chi connectivity index (χ2v) is 6.01. The van der Waals surface area contributed by atoms with Crippen LogP contribution in [0.2, 0.25) is 0 Å². The number of nitrogen functional groups attached to an aromatic ring is 1. The van der Waals surface area contributed by atoms with Crippen molar-refractivity contribution in [3.05, 3.63) is 70.0 Å². The number of benzene rings is 2. The summed E-state index contributed by atoms with van der Waals surface area (Å²) < 4.78 is 5.73. The van der Waals surface area contributed by atoms with E-state index in [0.717, 1.165) is 10.2 Å². The van der Waals surface area contributed by atoms with Gasteiger partial charge in [0.25, 0.3) is 5.56 Å². The Morgan fingerprint density at radius 2 is 2.00 bits per heavy atom. The van der Waals surface area contributed by atoms with Gasteiger partial charge in [0, 0.05) is 5.75 Å². The molecule has 0 radical (unpaired) electrons. The summed E-state index contributed by atoms with van der Waals surface area (Å²) in [7, 11) is 1.30. The zero-order chi connectivity index (χ0) is 17.1. The number of aromatic nitrogens is 2. The minimum absolute atomic E-state index is 0.339. The first-order chi connectivity index (χ1) is 11.6. The number of rotatable bonds is 4. The van der Waals surface area contributed by atoms with Crippen molar-refractivity contribution in [1.29, 1.82) is 0 Å². The van der Waals surface area contributed by atoms with Crippen molar-refractivity contribution >= 4 is 28.6 Å². The fraction of sp³-hybridized carbons (Fsp3) is 0.118. The van der Waals surface area contributed by atoms with Gasteiger partial charge in [-0.15, -0.1) is 0 Å². The van der Waals surface area contributed by atoms with Crippen LogP contribution >= 0.6 is 11.8 Å². The maximum absolute atomic E-state index is 12.4. The molecule has 1 aromatic heterocycles. The van der Waals surface area contributed by atoms with Crippen molar-refractivity contribution < 1.29 is 9.53 Å². The molecule has 0 bridgehead atoms. The number of nitrogens with two attached hydrogens (primary N) is 1. The van der Waals surface area contributed by atoms with Crippen LogP contribution in [0.4, 0.5) is 0 Å². The Balaban J connectivity index is 1.99. The van der Waals surface area contributed by atoms with Gasteiger partial charge in [-0.2, -0.15) is 0 Å². The third-order valence-corrected chi connectivity index (χ3v) is 4.52. The van der Waals surface area contributed by atoms with E-state index in [2.05, 4.69) is 4.98 Å². The van der Waals surface area contributed by atoms with Crippen LogP contribution in [0, 0.1) is 0 Å². The summed E-state index contributed by atoms with van der Waals surface area (Å²) in [5.74, 6) is 6.02. The van der Waals surface area contributed by atoms with E-state index in [1.807, 2.05) is 30.3 Å². The molecule has 0 spiro atoms. The lowest BCUT2D eigenvalue weighted by Crippen LogP contribution is -2.29. The Morgan fingerprint density at radius 1 is 1.25 bits per heavy atom. The maximum atomic E-state index is 12.4. The number of esters is 1. The minimum atomic E-state index is -0.478. The summed E-state index contributed by atoms with van der Waals surface area (Å²) in [5.41, 5.74) is 1.50. The highest BCUT2D eigenvalue weighted by Crippen LogP contribution is 2.21. The molecule has 6 nitrogen and oxygen atoms in total. The van der Waals surface area contributed by atoms with Crippen molar-refractivity contribution in [3.8, 4) is 0 Å². The first-order valence-corrected chi connectivity index (χ1v) is 8.15. The van der Waals surface area contributed by atoms with E-state index < -0.39 is 5.97 Å². The Morgan fingerprint density at radius 3 is 2.71 bits per heavy atom. The number of hydrogen-bond acceptors (Lipinski definition) is 6. The number of methoxy groups -OCH3 is 1. The van der Waals surface area contributed by atoms with Gasteiger partial charge in [-0.05, 0) is 23.8 Å². The quantitative estimate of drug-likeness (QED) is 0.339. The molecule has 0 amide bonds. The van der Waals surface area contributed by atoms with Crippen LogP contribution < -0.4 is 11.4 Å². The first kappa shape index (κ1) is 16.1. The molecule has 3 aromatic rings. The molecule has 122 valence electrons. The van der Waals surface area contributed by atoms with Crippen LogP contribution in [0.15, 0.2) is 58.5 Å². The van der Waals surface area contributed by atoms with E-state index in [1.54, 1.807) is 0 Å². The Kier molecular flexibility index (Phi) is 4.52. The van der Waals surface area contributed by atoms with Crippen LogP contribution in [0.1, 0.15) is 15.9 Å². The predicted octanol–water partition coefficient (Wildman–Crippen LogP) is 2.19. The van der Waals surface area contributed by atoms with E-state index in [4.69, 9.17) is 10.6 Å². The lowest BCUT2D eigenvalue weighted by Gasteiger charge is -2.09. The average molecular weight is 341 g/mol. The summed E-state index contributed by atoms with van der Waals surface area (Å²) in [6.45, 7) is 0. The number of carbonyl (C=O) groups excluding carboxylic acids is 1. The normalized spacial score (nSPS) is 10.7. The molecule has 2 aromatic carbocycles. The molecule has 7 heteroatoms. The predicted molar refractivity (Wildman–Crippen MR) is 93.5 cm³/mol. The zero-order valence-electron chi connectivity index (χ0n) is 12.9. The highest BCUT2D eigenvalue weighted by atomic mass is 32.2. The molecule has 0 aliphatic heterocycles. The van der Waals surface area contributed by atoms with Crippen LogP contribution in [0.3, 0.4) is 0 Å². The van der Waals surface area contributed by atoms with Gasteiger partial charge in [0.15, 0.2) is 5.16 Å². The van der Waals surface area contributed by atoms with Crippen LogP contribution in [0.5, 0.6) is 0 Å². The van der Waals surface area contributed by atoms with Crippen molar-refractivity contribution in [1.82, 2.24) is 9.66 Å². The zero-order valence-corrected chi connectivity index (χ0v) is 13.7. The van der Waals surface area contributed by atoms with Crippen molar-refractivity contribution in [2.24, 2.45) is 0 Å². The molecule has 0 aliphatic rings. The molecule has 2 N–H and O–H groups in total. The highest BCUT2D eigenvalue weighted by molar-refractivity contribution is 7.98. The lowest BCUT2D eigenvalue weighted by atomic mass is 10.1. The van der Waals surface area contributed by atoms with E-state index in [0.29, 0.717) is 27.4 Å². The molecular weight excluding hydrogens is 326 g/mol. The lowest BCUT2D eigenvalue weighted by molar-refractivity contribution is 0.0601. The van der Waals surface area contributed by atoms with Crippen LogP contribution in [-0.4, -0.2) is 22.7 Å². The van der Waals surface area contributed by atoms with Crippen molar-refractivity contribution in [2.45, 2.75) is 10.9 Å². The summed E-state index contributed by atoms with van der Waals surface area (Å²) >= 11 is 1.36. The molecule has 0 unspecified atom stereocenters. The summed E-state index contributed by atoms with van der Waals surface area (Å²) in [6, 6.07) is 14.4. The highest BCUT2D eigenvalue weighted by Gasteiger charge is 2.13. The third-order valence-electron chi connectivity index (χ3n) is 3.50. The number of nitrogens with zero attached hydrogens (tertiary/aromatic N) is 2. The van der Waals surface area contributed by atoms with Gasteiger partial charge in [0.2, 0.25) is 0 Å². The molecule has 24 heavy (non-hydrogen) atoms. The molecular formula is C17H15N3O3S. The van der Waals surface area contributed by atoms with Gasteiger partial charge in [-0.3, -0.25) is 4.79 Å². The average Bonchev–Trinajstić information content (AvgIpc) is 2.63. The number of ether oxygens (including phenoxy) is 1. The topological polar surface area (TPSA) is 87.2 Å². The third kappa shape index (κ3) is 3.11. The monoisotopic (exact) mass is 341 g/mol. The van der Waals surface area contributed by atoms with Gasteiger partial charge in [0.1, 0.15) is 0 Å². The molecule has 0 saturated carbocycles. The Hall–Kier alpha value is -2.80. The standard InChI is InChI=1S/C17H15N3O3S/c1-23-16(22)12-7-8-13-14(9-12)19-17(20(18)15(13)21)24-10-11-5-3-2-4-6-11/h2-9H,10,18H2,1H3. The van der Waals surface area contributed by atoms with E-state index in [-0.39, 0.29) is 5.56 Å². The van der Waals surface area contributed by atoms with Gasteiger partial charge >= 0.3 is 5.97 Å². The molecule has 1 heterocycles. The number of thioether (sulfide) groups is 1. The molecule has 0 saturated heterocycles. The summed E-state index contributed by atoms with van der Waals surface area (Å²) in [5, 5.41) is 0.743. The smallest absolute Gasteiger partial charge is 0.337 e. The maximum Gasteiger partial charge on any atom is 0.337 e. The van der Waals surface area contributed by atoms with Crippen molar-refractivity contribution in [2.75, 3.05) is 13.0 Å². The number of carbonyl (C=O) groups is 1. The molecule has 0 aliphatic carbocycles. The van der Waals surface area contributed by atoms with Gasteiger partial charge in [0.05, 0.1) is 23.6 Å². The Labute approximate surface area is 142 Å². The van der Waals surface area contributed by atoms with E-state index >= 15 is 0 Å². The second kappa shape index (κ2) is 6.76. The number of hydrogen-bond donors (Lipinski definition) is 1. The SMILES string of the molecule is COC(=O)c1ccc2c(=O)n(N)c(SCc3ccccc3)nc2c1. The van der Waals surface area contributed by atoms with E-state index in [9.17, 15) is 9.59 Å². The van der Waals surface area contributed by atoms with Crippen LogP contribution in [0.25, 0.3) is 10.9 Å². The van der Waals surface area contributed by atoms with Gasteiger partial charge in [-0.25, -0.2) is 14.5 Å². The van der Waals surface area contributed by atoms with Crippen molar-refractivity contribution in [3.63, 3.8) is 0 Å². The minimum Gasteiger partial charge on any atom is -0.465 e. The Bertz CT molecular complexity index is 954. The van der Waals surface area contributed by atoms with Gasteiger partial charge < -0.3 is 10.6 Å². The summed E-state index contributed by atoms with van der Waals surface area (Å²) in [4.78, 5) is 28.4. The second-order valence-electron chi connectivity index (χ2n) is 5.07.